The Balaban J connectivity index is 1.34. The van der Waals surface area contributed by atoms with Gasteiger partial charge in [0, 0.05) is 38.6 Å². The third-order valence-corrected chi connectivity index (χ3v) is 7.52. The van der Waals surface area contributed by atoms with E-state index < -0.39 is 0 Å². The zero-order chi connectivity index (χ0) is 20.1. The summed E-state index contributed by atoms with van der Waals surface area (Å²) < 4.78 is 5.94. The number of carbonyl (C=O) groups excluding carboxylic acids is 1. The lowest BCUT2D eigenvalue weighted by molar-refractivity contribution is -0.139. The van der Waals surface area contributed by atoms with Crippen LogP contribution in [-0.2, 0) is 9.53 Å². The standard InChI is InChI=1S/C24H44N2O2/c1-18(2)21-7-5-20(6-8-21)17-25-13-15-26(16-14-25)24(27)22-9-11-23(12-10-22)28-19(3)4/h18-23H,5-17H2,1-4H3. The summed E-state index contributed by atoms with van der Waals surface area (Å²) in [5, 5.41) is 0. The molecule has 0 radical (unpaired) electrons. The van der Waals surface area contributed by atoms with Crippen molar-refractivity contribution in [2.24, 2.45) is 23.7 Å². The molecular weight excluding hydrogens is 348 g/mol. The lowest BCUT2D eigenvalue weighted by Gasteiger charge is -2.40. The molecule has 2 aliphatic carbocycles. The van der Waals surface area contributed by atoms with Gasteiger partial charge in [0.15, 0.2) is 0 Å². The Kier molecular flexibility index (Phi) is 8.22. The smallest absolute Gasteiger partial charge is 0.225 e. The molecule has 1 aliphatic heterocycles. The average molecular weight is 393 g/mol. The van der Waals surface area contributed by atoms with Gasteiger partial charge in [-0.15, -0.1) is 0 Å². The zero-order valence-corrected chi connectivity index (χ0v) is 18.9. The molecule has 0 bridgehead atoms. The summed E-state index contributed by atoms with van der Waals surface area (Å²) >= 11 is 0. The van der Waals surface area contributed by atoms with Crippen LogP contribution in [0.2, 0.25) is 0 Å². The molecule has 0 aromatic heterocycles. The molecule has 0 spiro atoms. The summed E-state index contributed by atoms with van der Waals surface area (Å²) in [5.41, 5.74) is 0. The first-order valence-corrected chi connectivity index (χ1v) is 12.1. The molecule has 0 atom stereocenters. The molecule has 0 aromatic rings. The molecule has 1 saturated heterocycles. The Morgan fingerprint density at radius 2 is 1.46 bits per heavy atom. The van der Waals surface area contributed by atoms with Crippen molar-refractivity contribution < 1.29 is 9.53 Å². The summed E-state index contributed by atoms with van der Waals surface area (Å²) in [6.45, 7) is 14.2. The van der Waals surface area contributed by atoms with Crippen LogP contribution in [0.5, 0.6) is 0 Å². The number of rotatable bonds is 6. The van der Waals surface area contributed by atoms with Crippen molar-refractivity contribution in [2.45, 2.75) is 91.3 Å². The first kappa shape index (κ1) is 22.1. The third-order valence-electron chi connectivity index (χ3n) is 7.52. The van der Waals surface area contributed by atoms with Gasteiger partial charge in [-0.05, 0) is 83.0 Å². The number of ether oxygens (including phenoxy) is 1. The minimum atomic E-state index is 0.241. The summed E-state index contributed by atoms with van der Waals surface area (Å²) in [6.07, 6.45) is 10.4. The fourth-order valence-electron chi connectivity index (χ4n) is 5.64. The highest BCUT2D eigenvalue weighted by atomic mass is 16.5. The Bertz CT molecular complexity index is 469. The van der Waals surface area contributed by atoms with Crippen molar-refractivity contribution >= 4 is 5.91 Å². The van der Waals surface area contributed by atoms with Gasteiger partial charge in [-0.2, -0.15) is 0 Å². The second-order valence-electron chi connectivity index (χ2n) is 10.3. The molecule has 1 amide bonds. The molecular formula is C24H44N2O2. The molecule has 3 fully saturated rings. The number of piperazine rings is 1. The van der Waals surface area contributed by atoms with Crippen LogP contribution < -0.4 is 0 Å². The van der Waals surface area contributed by atoms with E-state index in [1.54, 1.807) is 0 Å². The maximum absolute atomic E-state index is 12.9. The van der Waals surface area contributed by atoms with Gasteiger partial charge < -0.3 is 9.64 Å². The van der Waals surface area contributed by atoms with Crippen LogP contribution in [0.3, 0.4) is 0 Å². The van der Waals surface area contributed by atoms with E-state index >= 15 is 0 Å². The van der Waals surface area contributed by atoms with Gasteiger partial charge in [0.2, 0.25) is 5.91 Å². The topological polar surface area (TPSA) is 32.8 Å². The van der Waals surface area contributed by atoms with Crippen LogP contribution in [0.1, 0.15) is 79.1 Å². The first-order valence-electron chi connectivity index (χ1n) is 12.1. The summed E-state index contributed by atoms with van der Waals surface area (Å²) in [4.78, 5) is 17.7. The molecule has 162 valence electrons. The van der Waals surface area contributed by atoms with Crippen molar-refractivity contribution in [2.75, 3.05) is 32.7 Å². The number of amides is 1. The zero-order valence-electron chi connectivity index (χ0n) is 18.9. The first-order chi connectivity index (χ1) is 13.4. The predicted molar refractivity (Wildman–Crippen MR) is 115 cm³/mol. The fraction of sp³-hybridized carbons (Fsp3) is 0.958. The molecule has 1 heterocycles. The summed E-state index contributed by atoms with van der Waals surface area (Å²) in [6, 6.07) is 0. The number of carbonyl (C=O) groups is 1. The van der Waals surface area contributed by atoms with Crippen LogP contribution in [0.15, 0.2) is 0 Å². The van der Waals surface area contributed by atoms with Crippen molar-refractivity contribution in [1.29, 1.82) is 0 Å². The van der Waals surface area contributed by atoms with Gasteiger partial charge in [-0.25, -0.2) is 0 Å². The number of hydrogen-bond acceptors (Lipinski definition) is 3. The molecule has 3 rings (SSSR count). The van der Waals surface area contributed by atoms with Crippen molar-refractivity contribution in [3.8, 4) is 0 Å². The third kappa shape index (κ3) is 6.19. The highest BCUT2D eigenvalue weighted by Gasteiger charge is 2.32. The lowest BCUT2D eigenvalue weighted by Crippen LogP contribution is -2.51. The van der Waals surface area contributed by atoms with Crippen LogP contribution in [0.25, 0.3) is 0 Å². The lowest BCUT2D eigenvalue weighted by atomic mass is 9.77. The summed E-state index contributed by atoms with van der Waals surface area (Å²) in [7, 11) is 0. The van der Waals surface area contributed by atoms with Gasteiger partial charge in [0.1, 0.15) is 0 Å². The molecule has 28 heavy (non-hydrogen) atoms. The van der Waals surface area contributed by atoms with Crippen LogP contribution in [-0.4, -0.2) is 60.6 Å². The molecule has 0 unspecified atom stereocenters. The average Bonchev–Trinajstić information content (AvgIpc) is 2.68. The van der Waals surface area contributed by atoms with Gasteiger partial charge in [0.05, 0.1) is 12.2 Å². The fourth-order valence-corrected chi connectivity index (χ4v) is 5.64. The van der Waals surface area contributed by atoms with E-state index in [0.717, 1.165) is 69.6 Å². The van der Waals surface area contributed by atoms with Crippen LogP contribution in [0.4, 0.5) is 0 Å². The second kappa shape index (κ2) is 10.4. The molecule has 0 aromatic carbocycles. The minimum absolute atomic E-state index is 0.241. The molecule has 4 heteroatoms. The van der Waals surface area contributed by atoms with E-state index in [1.165, 1.54) is 32.2 Å². The SMILES string of the molecule is CC(C)OC1CCC(C(=O)N2CCN(CC3CCC(C(C)C)CC3)CC2)CC1. The number of nitrogens with zero attached hydrogens (tertiary/aromatic N) is 2. The Hall–Kier alpha value is -0.610. The Morgan fingerprint density at radius 1 is 0.857 bits per heavy atom. The van der Waals surface area contributed by atoms with E-state index in [0.29, 0.717) is 18.1 Å². The Labute approximate surface area is 173 Å². The Morgan fingerprint density at radius 3 is 2.00 bits per heavy atom. The van der Waals surface area contributed by atoms with E-state index in [-0.39, 0.29) is 5.92 Å². The van der Waals surface area contributed by atoms with Gasteiger partial charge in [0.25, 0.3) is 0 Å². The van der Waals surface area contributed by atoms with Gasteiger partial charge in [-0.1, -0.05) is 13.8 Å². The second-order valence-corrected chi connectivity index (χ2v) is 10.3. The van der Waals surface area contributed by atoms with Gasteiger partial charge in [-0.3, -0.25) is 9.69 Å². The summed E-state index contributed by atoms with van der Waals surface area (Å²) in [5.74, 6) is 3.34. The minimum Gasteiger partial charge on any atom is -0.376 e. The van der Waals surface area contributed by atoms with E-state index in [1.807, 2.05) is 0 Å². The highest BCUT2D eigenvalue weighted by Crippen LogP contribution is 2.34. The van der Waals surface area contributed by atoms with E-state index in [9.17, 15) is 4.79 Å². The monoisotopic (exact) mass is 392 g/mol. The molecule has 3 aliphatic rings. The maximum Gasteiger partial charge on any atom is 0.225 e. The van der Waals surface area contributed by atoms with Crippen molar-refractivity contribution in [3.63, 3.8) is 0 Å². The quantitative estimate of drug-likeness (QED) is 0.663. The van der Waals surface area contributed by atoms with Crippen LogP contribution in [0, 0.1) is 23.7 Å². The largest absolute Gasteiger partial charge is 0.376 e. The predicted octanol–water partition coefficient (Wildman–Crippen LogP) is 4.58. The van der Waals surface area contributed by atoms with E-state index in [2.05, 4.69) is 37.5 Å². The molecule has 2 saturated carbocycles. The van der Waals surface area contributed by atoms with Gasteiger partial charge >= 0.3 is 0 Å². The maximum atomic E-state index is 12.9. The van der Waals surface area contributed by atoms with E-state index in [4.69, 9.17) is 4.74 Å². The molecule has 4 nitrogen and oxygen atoms in total. The number of hydrogen-bond donors (Lipinski definition) is 0. The normalized spacial score (nSPS) is 32.9. The molecule has 0 N–H and O–H groups in total. The van der Waals surface area contributed by atoms with Crippen molar-refractivity contribution in [1.82, 2.24) is 9.80 Å². The highest BCUT2D eigenvalue weighted by molar-refractivity contribution is 5.79. The van der Waals surface area contributed by atoms with Crippen LogP contribution >= 0.6 is 0 Å². The van der Waals surface area contributed by atoms with Crippen molar-refractivity contribution in [3.05, 3.63) is 0 Å².